The first kappa shape index (κ1) is 22.2. The topological polar surface area (TPSA) is 82.1 Å². The summed E-state index contributed by atoms with van der Waals surface area (Å²) in [6, 6.07) is 6.52. The zero-order valence-corrected chi connectivity index (χ0v) is 18.9. The summed E-state index contributed by atoms with van der Waals surface area (Å²) in [5.41, 5.74) is 1.66. The molecule has 1 amide bonds. The summed E-state index contributed by atoms with van der Waals surface area (Å²) in [5, 5.41) is 0. The van der Waals surface area contributed by atoms with Gasteiger partial charge in [-0.15, -0.1) is 0 Å². The Labute approximate surface area is 189 Å². The van der Waals surface area contributed by atoms with Crippen LogP contribution in [-0.2, 0) is 10.0 Å². The van der Waals surface area contributed by atoms with Gasteiger partial charge in [0.05, 0.1) is 5.71 Å². The number of nitrogens with one attached hydrogen (secondary N) is 1. The summed E-state index contributed by atoms with van der Waals surface area (Å²) < 4.78 is 28.4. The van der Waals surface area contributed by atoms with Gasteiger partial charge in [0.25, 0.3) is 15.9 Å². The zero-order chi connectivity index (χ0) is 22.7. The van der Waals surface area contributed by atoms with E-state index in [9.17, 15) is 13.2 Å². The van der Waals surface area contributed by atoms with Gasteiger partial charge in [0.1, 0.15) is 4.91 Å². The average Bonchev–Trinajstić information content (AvgIpc) is 3.59. The van der Waals surface area contributed by atoms with Crippen molar-refractivity contribution in [2.75, 3.05) is 37.4 Å². The molecule has 3 aliphatic rings. The molecule has 168 valence electrons. The summed E-state index contributed by atoms with van der Waals surface area (Å²) in [5.74, 6) is 0.827. The van der Waals surface area contributed by atoms with Gasteiger partial charge < -0.3 is 4.90 Å². The Bertz CT molecular complexity index is 1100. The fourth-order valence-corrected chi connectivity index (χ4v) is 5.15. The third-order valence-corrected chi connectivity index (χ3v) is 7.26. The number of carbonyl (C=O) groups excluding carboxylic acids is 1. The minimum atomic E-state index is -3.89. The van der Waals surface area contributed by atoms with Crippen LogP contribution >= 0.6 is 0 Å². The fourth-order valence-electron chi connectivity index (χ4n) is 3.90. The Kier molecular flexibility index (Phi) is 6.43. The molecule has 8 heteroatoms. The molecule has 2 fully saturated rings. The number of piperazine rings is 1. The van der Waals surface area contributed by atoms with Crippen LogP contribution in [0.3, 0.4) is 0 Å². The van der Waals surface area contributed by atoms with E-state index in [1.807, 2.05) is 4.90 Å². The van der Waals surface area contributed by atoms with Crippen molar-refractivity contribution >= 4 is 27.3 Å². The second kappa shape index (κ2) is 9.26. The molecule has 0 spiro atoms. The van der Waals surface area contributed by atoms with E-state index < -0.39 is 10.0 Å². The molecule has 1 heterocycles. The first-order valence-corrected chi connectivity index (χ1v) is 12.3. The van der Waals surface area contributed by atoms with Gasteiger partial charge in [-0.05, 0) is 54.7 Å². The quantitative estimate of drug-likeness (QED) is 0.689. The number of hydrogen-bond donors (Lipinski definition) is 1. The predicted molar refractivity (Wildman–Crippen MR) is 128 cm³/mol. The molecule has 2 aliphatic carbocycles. The number of benzene rings is 1. The van der Waals surface area contributed by atoms with E-state index in [0.29, 0.717) is 16.8 Å². The van der Waals surface area contributed by atoms with Crippen LogP contribution < -0.4 is 4.72 Å². The number of rotatable bonds is 7. The van der Waals surface area contributed by atoms with Crippen molar-refractivity contribution in [2.45, 2.75) is 12.8 Å². The third-order valence-electron chi connectivity index (χ3n) is 5.85. The van der Waals surface area contributed by atoms with E-state index in [4.69, 9.17) is 0 Å². The summed E-state index contributed by atoms with van der Waals surface area (Å²) >= 11 is 0. The van der Waals surface area contributed by atoms with Gasteiger partial charge in [0.15, 0.2) is 0 Å². The van der Waals surface area contributed by atoms with Gasteiger partial charge in [-0.2, -0.15) is 0 Å². The molecular weight excluding hydrogens is 424 g/mol. The SMILES string of the molecule is C=CN=C1C(=C)C=CC=C1S(=O)(=O)Nc1ccc(C(=O)N2CCN(CC3CC3)CC2)cc1. The van der Waals surface area contributed by atoms with E-state index in [2.05, 4.69) is 27.8 Å². The maximum atomic E-state index is 12.9. The lowest BCUT2D eigenvalue weighted by atomic mass is 10.1. The molecule has 32 heavy (non-hydrogen) atoms. The smallest absolute Gasteiger partial charge is 0.264 e. The van der Waals surface area contributed by atoms with Crippen molar-refractivity contribution in [3.05, 3.63) is 77.9 Å². The normalized spacial score (nSPS) is 20.9. The Morgan fingerprint density at radius 3 is 2.47 bits per heavy atom. The van der Waals surface area contributed by atoms with E-state index >= 15 is 0 Å². The maximum absolute atomic E-state index is 12.9. The van der Waals surface area contributed by atoms with Gasteiger partial charge in [-0.25, -0.2) is 8.42 Å². The number of sulfonamides is 1. The van der Waals surface area contributed by atoms with Crippen LogP contribution in [0.4, 0.5) is 5.69 Å². The van der Waals surface area contributed by atoms with Crippen molar-refractivity contribution < 1.29 is 13.2 Å². The standard InChI is InChI=1S/C24H28N4O3S/c1-3-25-23-18(2)5-4-6-22(23)32(30,31)26-21-11-9-20(10-12-21)24(29)28-15-13-27(14-16-28)17-19-7-8-19/h3-6,9-12,19,26H,1-2,7-8,13-17H2. The highest BCUT2D eigenvalue weighted by molar-refractivity contribution is 7.97. The lowest BCUT2D eigenvalue weighted by Gasteiger charge is -2.34. The minimum Gasteiger partial charge on any atom is -0.336 e. The number of hydrogen-bond acceptors (Lipinski definition) is 5. The monoisotopic (exact) mass is 452 g/mol. The second-order valence-corrected chi connectivity index (χ2v) is 9.95. The molecular formula is C24H28N4O3S. The highest BCUT2D eigenvalue weighted by Crippen LogP contribution is 2.30. The molecule has 0 bridgehead atoms. The Morgan fingerprint density at radius 1 is 1.16 bits per heavy atom. The average molecular weight is 453 g/mol. The third kappa shape index (κ3) is 5.08. The van der Waals surface area contributed by atoms with Crippen molar-refractivity contribution in [1.82, 2.24) is 9.80 Å². The highest BCUT2D eigenvalue weighted by Gasteiger charge is 2.28. The number of aliphatic imine (C=N–C) groups is 1. The minimum absolute atomic E-state index is 0.0223. The van der Waals surface area contributed by atoms with Crippen LogP contribution in [0.2, 0.25) is 0 Å². The first-order chi connectivity index (χ1) is 15.4. The largest absolute Gasteiger partial charge is 0.336 e. The molecule has 4 rings (SSSR count). The van der Waals surface area contributed by atoms with Gasteiger partial charge in [0, 0.05) is 50.2 Å². The summed E-state index contributed by atoms with van der Waals surface area (Å²) in [4.78, 5) is 21.2. The molecule has 1 saturated heterocycles. The molecule has 1 aliphatic heterocycles. The molecule has 0 aromatic heterocycles. The van der Waals surface area contributed by atoms with E-state index in [1.54, 1.807) is 36.4 Å². The Hall–Kier alpha value is -2.97. The van der Waals surface area contributed by atoms with Crippen LogP contribution in [0.1, 0.15) is 23.2 Å². The summed E-state index contributed by atoms with van der Waals surface area (Å²) in [6.07, 6.45) is 8.73. The Balaban J connectivity index is 1.40. The first-order valence-electron chi connectivity index (χ1n) is 10.8. The van der Waals surface area contributed by atoms with E-state index in [1.165, 1.54) is 25.1 Å². The summed E-state index contributed by atoms with van der Waals surface area (Å²) in [7, 11) is -3.89. The van der Waals surface area contributed by atoms with Crippen molar-refractivity contribution in [2.24, 2.45) is 10.9 Å². The lowest BCUT2D eigenvalue weighted by molar-refractivity contribution is 0.0632. The van der Waals surface area contributed by atoms with E-state index in [0.717, 1.165) is 38.6 Å². The number of amides is 1. The molecule has 7 nitrogen and oxygen atoms in total. The van der Waals surface area contributed by atoms with Crippen LogP contribution in [-0.4, -0.2) is 62.6 Å². The van der Waals surface area contributed by atoms with Crippen molar-refractivity contribution in [1.29, 1.82) is 0 Å². The predicted octanol–water partition coefficient (Wildman–Crippen LogP) is 3.19. The number of carbonyl (C=O) groups is 1. The molecule has 1 aromatic rings. The van der Waals surface area contributed by atoms with Crippen LogP contribution in [0.5, 0.6) is 0 Å². The van der Waals surface area contributed by atoms with Gasteiger partial charge >= 0.3 is 0 Å². The fraction of sp³-hybridized carbons (Fsp3) is 0.333. The van der Waals surface area contributed by atoms with Gasteiger partial charge in [-0.1, -0.05) is 25.3 Å². The Morgan fingerprint density at radius 2 is 1.84 bits per heavy atom. The van der Waals surface area contributed by atoms with Crippen molar-refractivity contribution in [3.8, 4) is 0 Å². The van der Waals surface area contributed by atoms with Crippen molar-refractivity contribution in [3.63, 3.8) is 0 Å². The van der Waals surface area contributed by atoms with Crippen LogP contribution in [0.25, 0.3) is 0 Å². The molecule has 0 radical (unpaired) electrons. The maximum Gasteiger partial charge on any atom is 0.264 e. The van der Waals surface area contributed by atoms with Gasteiger partial charge in [0.2, 0.25) is 0 Å². The summed E-state index contributed by atoms with van der Waals surface area (Å²) in [6.45, 7) is 11.8. The van der Waals surface area contributed by atoms with Gasteiger partial charge in [-0.3, -0.25) is 19.4 Å². The molecule has 1 aromatic carbocycles. The highest BCUT2D eigenvalue weighted by atomic mass is 32.2. The molecule has 0 unspecified atom stereocenters. The molecule has 1 saturated carbocycles. The second-order valence-electron chi connectivity index (χ2n) is 8.29. The lowest BCUT2D eigenvalue weighted by Crippen LogP contribution is -2.49. The molecule has 1 N–H and O–H groups in total. The zero-order valence-electron chi connectivity index (χ0n) is 18.0. The molecule has 0 atom stereocenters. The number of nitrogens with zero attached hydrogens (tertiary/aromatic N) is 3. The number of allylic oxidation sites excluding steroid dienone is 5. The van der Waals surface area contributed by atoms with Crippen LogP contribution in [0, 0.1) is 5.92 Å². The van der Waals surface area contributed by atoms with Crippen LogP contribution in [0.15, 0.2) is 77.3 Å². The van der Waals surface area contributed by atoms with E-state index in [-0.39, 0.29) is 16.5 Å². The number of anilines is 1.